The van der Waals surface area contributed by atoms with Gasteiger partial charge in [0.05, 0.1) is 24.2 Å². The molecule has 0 spiro atoms. The lowest BCUT2D eigenvalue weighted by Crippen LogP contribution is -2.51. The van der Waals surface area contributed by atoms with Crippen LogP contribution in [0, 0.1) is 5.92 Å². The topological polar surface area (TPSA) is 32.7 Å². The van der Waals surface area contributed by atoms with Crippen LogP contribution in [-0.4, -0.2) is 52.6 Å². The second kappa shape index (κ2) is 6.05. The molecule has 1 aliphatic heterocycles. The van der Waals surface area contributed by atoms with E-state index in [0.29, 0.717) is 6.42 Å². The van der Waals surface area contributed by atoms with Crippen LogP contribution in [0.3, 0.4) is 0 Å². The van der Waals surface area contributed by atoms with Crippen molar-refractivity contribution in [2.24, 2.45) is 5.92 Å². The molecular weight excluding hydrogens is 283 g/mol. The Morgan fingerprint density at radius 2 is 1.67 bits per heavy atom. The lowest BCUT2D eigenvalue weighted by atomic mass is 9.96. The van der Waals surface area contributed by atoms with E-state index >= 15 is 0 Å². The van der Waals surface area contributed by atoms with Crippen molar-refractivity contribution in [2.75, 3.05) is 13.2 Å². The summed E-state index contributed by atoms with van der Waals surface area (Å²) in [6.07, 6.45) is -5.11. The normalized spacial score (nSPS) is 29.1. The fourth-order valence-corrected chi connectivity index (χ4v) is 2.72. The molecule has 0 radical (unpaired) electrons. The first-order valence-corrected chi connectivity index (χ1v) is 7.45. The highest BCUT2D eigenvalue weighted by molar-refractivity contribution is 5.01. The van der Waals surface area contributed by atoms with Gasteiger partial charge >= 0.3 is 6.18 Å². The van der Waals surface area contributed by atoms with Crippen LogP contribution in [-0.2, 0) is 4.74 Å². The van der Waals surface area contributed by atoms with Gasteiger partial charge < -0.3 is 9.84 Å². The first-order valence-electron chi connectivity index (χ1n) is 7.45. The number of aliphatic hydroxyl groups excluding tert-OH is 1. The van der Waals surface area contributed by atoms with Crippen molar-refractivity contribution in [1.82, 2.24) is 4.90 Å². The average molecular weight is 311 g/mol. The molecule has 0 aliphatic carbocycles. The van der Waals surface area contributed by atoms with E-state index in [2.05, 4.69) is 0 Å². The number of ether oxygens (including phenoxy) is 1. The van der Waals surface area contributed by atoms with Gasteiger partial charge in [-0.05, 0) is 41.0 Å². The number of β-amino-alcohol motifs (C(OH)–C–C–N with tert-alkyl or cyclic N) is 1. The van der Waals surface area contributed by atoms with Gasteiger partial charge in [0.25, 0.3) is 0 Å². The molecular formula is C15H28F3NO2. The Kier molecular flexibility index (Phi) is 5.39. The summed E-state index contributed by atoms with van der Waals surface area (Å²) in [4.78, 5) is 1.71. The van der Waals surface area contributed by atoms with Gasteiger partial charge in [0.15, 0.2) is 0 Å². The number of alkyl halides is 3. The van der Waals surface area contributed by atoms with Gasteiger partial charge in [-0.2, -0.15) is 13.2 Å². The van der Waals surface area contributed by atoms with E-state index in [1.54, 1.807) is 4.90 Å². The van der Waals surface area contributed by atoms with Crippen LogP contribution < -0.4 is 0 Å². The van der Waals surface area contributed by atoms with Crippen LogP contribution in [0.15, 0.2) is 0 Å². The molecule has 1 fully saturated rings. The number of halogens is 3. The van der Waals surface area contributed by atoms with E-state index in [9.17, 15) is 18.3 Å². The van der Waals surface area contributed by atoms with Crippen molar-refractivity contribution < 1.29 is 23.0 Å². The summed E-state index contributed by atoms with van der Waals surface area (Å²) in [6, 6.07) is -0.856. The van der Waals surface area contributed by atoms with Crippen molar-refractivity contribution in [2.45, 2.75) is 77.4 Å². The van der Waals surface area contributed by atoms with E-state index in [0.717, 1.165) is 0 Å². The highest BCUT2D eigenvalue weighted by Gasteiger charge is 2.57. The Balaban J connectivity index is 2.98. The second-order valence-electron chi connectivity index (χ2n) is 7.45. The van der Waals surface area contributed by atoms with Gasteiger partial charge in [-0.25, -0.2) is 0 Å². The standard InChI is InChI=1S/C15H28F3NO2/c1-7-14(5,6)21-9-10-12(15(16,17)18)11(20)8-19(10)13(2,3)4/h10-12,20H,7-9H2,1-6H3. The molecule has 1 heterocycles. The molecule has 0 aromatic rings. The molecule has 1 aliphatic rings. The van der Waals surface area contributed by atoms with E-state index in [1.807, 2.05) is 41.5 Å². The second-order valence-corrected chi connectivity index (χ2v) is 7.45. The summed E-state index contributed by atoms with van der Waals surface area (Å²) in [5.74, 6) is -1.76. The summed E-state index contributed by atoms with van der Waals surface area (Å²) >= 11 is 0. The SMILES string of the molecule is CCC(C)(C)OCC1C(C(F)(F)F)C(O)CN1C(C)(C)C. The van der Waals surface area contributed by atoms with Gasteiger partial charge in [-0.3, -0.25) is 4.90 Å². The zero-order chi connectivity index (χ0) is 16.6. The lowest BCUT2D eigenvalue weighted by Gasteiger charge is -2.39. The van der Waals surface area contributed by atoms with Crippen molar-refractivity contribution in [3.8, 4) is 0 Å². The third-order valence-corrected chi connectivity index (χ3v) is 4.35. The Morgan fingerprint density at radius 1 is 1.14 bits per heavy atom. The highest BCUT2D eigenvalue weighted by Crippen LogP contribution is 2.41. The predicted molar refractivity (Wildman–Crippen MR) is 76.1 cm³/mol. The zero-order valence-electron chi connectivity index (χ0n) is 13.8. The molecule has 0 bridgehead atoms. The smallest absolute Gasteiger partial charge is 0.391 e. The molecule has 3 nitrogen and oxygen atoms in total. The number of rotatable bonds is 4. The summed E-state index contributed by atoms with van der Waals surface area (Å²) in [6.45, 7) is 11.2. The monoisotopic (exact) mass is 311 g/mol. The maximum absolute atomic E-state index is 13.3. The maximum Gasteiger partial charge on any atom is 0.395 e. The van der Waals surface area contributed by atoms with E-state index in [4.69, 9.17) is 4.74 Å². The third kappa shape index (κ3) is 4.57. The van der Waals surface area contributed by atoms with Gasteiger partial charge in [0.1, 0.15) is 0 Å². The molecule has 21 heavy (non-hydrogen) atoms. The number of likely N-dealkylation sites (tertiary alicyclic amines) is 1. The minimum Gasteiger partial charge on any atom is -0.391 e. The minimum absolute atomic E-state index is 0.0221. The summed E-state index contributed by atoms with van der Waals surface area (Å²) in [5, 5.41) is 9.90. The lowest BCUT2D eigenvalue weighted by molar-refractivity contribution is -0.206. The fourth-order valence-electron chi connectivity index (χ4n) is 2.72. The molecule has 3 atom stereocenters. The number of aliphatic hydroxyl groups is 1. The first-order chi connectivity index (χ1) is 9.29. The molecule has 126 valence electrons. The highest BCUT2D eigenvalue weighted by atomic mass is 19.4. The minimum atomic E-state index is -4.43. The van der Waals surface area contributed by atoms with Gasteiger partial charge in [-0.1, -0.05) is 6.92 Å². The van der Waals surface area contributed by atoms with Crippen LogP contribution in [0.4, 0.5) is 13.2 Å². The molecule has 0 amide bonds. The van der Waals surface area contributed by atoms with Gasteiger partial charge in [-0.15, -0.1) is 0 Å². The van der Waals surface area contributed by atoms with Crippen LogP contribution in [0.1, 0.15) is 48.0 Å². The molecule has 1 rings (SSSR count). The third-order valence-electron chi connectivity index (χ3n) is 4.35. The van der Waals surface area contributed by atoms with Crippen molar-refractivity contribution >= 4 is 0 Å². The number of nitrogens with zero attached hydrogens (tertiary/aromatic N) is 1. The quantitative estimate of drug-likeness (QED) is 0.865. The Morgan fingerprint density at radius 3 is 2.05 bits per heavy atom. The molecule has 1 saturated heterocycles. The summed E-state index contributed by atoms with van der Waals surface area (Å²) in [7, 11) is 0. The van der Waals surface area contributed by atoms with Gasteiger partial charge in [0, 0.05) is 18.1 Å². The number of hydrogen-bond acceptors (Lipinski definition) is 3. The Bertz CT molecular complexity index is 350. The van der Waals surface area contributed by atoms with Crippen LogP contribution in [0.2, 0.25) is 0 Å². The molecule has 0 saturated carbocycles. The first kappa shape index (κ1) is 18.7. The Hall–Kier alpha value is -0.330. The van der Waals surface area contributed by atoms with Crippen LogP contribution in [0.25, 0.3) is 0 Å². The largest absolute Gasteiger partial charge is 0.395 e. The molecule has 6 heteroatoms. The molecule has 1 N–H and O–H groups in total. The summed E-state index contributed by atoms with van der Waals surface area (Å²) < 4.78 is 45.6. The van der Waals surface area contributed by atoms with E-state index in [1.165, 1.54) is 0 Å². The fraction of sp³-hybridized carbons (Fsp3) is 1.00. The average Bonchev–Trinajstić information content (AvgIpc) is 2.63. The van der Waals surface area contributed by atoms with E-state index < -0.39 is 35.4 Å². The number of hydrogen-bond donors (Lipinski definition) is 1. The Labute approximate surface area is 125 Å². The zero-order valence-corrected chi connectivity index (χ0v) is 13.8. The van der Waals surface area contributed by atoms with Crippen molar-refractivity contribution in [3.63, 3.8) is 0 Å². The van der Waals surface area contributed by atoms with E-state index in [-0.39, 0.29) is 13.2 Å². The van der Waals surface area contributed by atoms with Crippen LogP contribution >= 0.6 is 0 Å². The maximum atomic E-state index is 13.3. The van der Waals surface area contributed by atoms with Crippen molar-refractivity contribution in [1.29, 1.82) is 0 Å². The predicted octanol–water partition coefficient (Wildman–Crippen LogP) is 3.21. The van der Waals surface area contributed by atoms with Crippen LogP contribution in [0.5, 0.6) is 0 Å². The van der Waals surface area contributed by atoms with Crippen molar-refractivity contribution in [3.05, 3.63) is 0 Å². The summed E-state index contributed by atoms with van der Waals surface area (Å²) in [5.41, 5.74) is -0.918. The molecule has 0 aromatic heterocycles. The molecule has 0 aromatic carbocycles. The molecule has 3 unspecified atom stereocenters. The van der Waals surface area contributed by atoms with Gasteiger partial charge in [0.2, 0.25) is 0 Å².